The van der Waals surface area contributed by atoms with Gasteiger partial charge < -0.3 is 24.3 Å². The Morgan fingerprint density at radius 2 is 2.13 bits per heavy atom. The lowest BCUT2D eigenvalue weighted by Crippen LogP contribution is -2.54. The molecular weight excluding hydrogens is 411 g/mol. The minimum atomic E-state index is -0.792. The summed E-state index contributed by atoms with van der Waals surface area (Å²) in [4.78, 5) is 18.2. The molecule has 0 radical (unpaired) electrons. The fraction of sp³-hybridized carbons (Fsp3) is 0.429. The van der Waals surface area contributed by atoms with E-state index in [2.05, 4.69) is 10.3 Å². The lowest BCUT2D eigenvalue weighted by molar-refractivity contribution is 0.0125. The first-order chi connectivity index (χ1) is 14.4. The van der Waals surface area contributed by atoms with E-state index in [0.717, 1.165) is 10.6 Å². The summed E-state index contributed by atoms with van der Waals surface area (Å²) >= 11 is 1.44. The number of benzene rings is 1. The number of ether oxygens (including phenoxy) is 2. The summed E-state index contributed by atoms with van der Waals surface area (Å²) in [6, 6.07) is 3.08. The number of carbonyl (C=O) groups is 1. The highest BCUT2D eigenvalue weighted by atomic mass is 32.1. The van der Waals surface area contributed by atoms with Gasteiger partial charge in [0.15, 0.2) is 11.6 Å². The van der Waals surface area contributed by atoms with Gasteiger partial charge >= 0.3 is 0 Å². The number of furan rings is 1. The van der Waals surface area contributed by atoms with Crippen LogP contribution in [0.5, 0.6) is 5.75 Å². The molecule has 0 atom stereocenters. The quantitative estimate of drug-likeness (QED) is 0.617. The van der Waals surface area contributed by atoms with Crippen LogP contribution in [0.15, 0.2) is 22.1 Å². The molecule has 1 aliphatic rings. The number of amides is 1. The lowest BCUT2D eigenvalue weighted by atomic mass is 9.90. The molecule has 7 nitrogen and oxygen atoms in total. The van der Waals surface area contributed by atoms with Crippen molar-refractivity contribution in [3.63, 3.8) is 0 Å². The fourth-order valence-corrected chi connectivity index (χ4v) is 4.32. The van der Waals surface area contributed by atoms with Gasteiger partial charge in [-0.15, -0.1) is 11.3 Å². The number of carbonyl (C=O) groups excluding carboxylic acids is 1. The molecule has 1 fully saturated rings. The molecule has 1 saturated heterocycles. The van der Waals surface area contributed by atoms with Gasteiger partial charge in [0.05, 0.1) is 39.2 Å². The first kappa shape index (κ1) is 20.8. The molecule has 30 heavy (non-hydrogen) atoms. The molecule has 2 aromatic heterocycles. The largest absolute Gasteiger partial charge is 0.485 e. The smallest absolute Gasteiger partial charge is 0.256 e. The molecule has 1 aliphatic heterocycles. The van der Waals surface area contributed by atoms with Crippen molar-refractivity contribution in [2.45, 2.75) is 38.8 Å². The zero-order valence-corrected chi connectivity index (χ0v) is 17.6. The molecule has 0 aliphatic carbocycles. The zero-order chi connectivity index (χ0) is 21.3. The van der Waals surface area contributed by atoms with Crippen molar-refractivity contribution in [1.82, 2.24) is 10.3 Å². The third-order valence-electron chi connectivity index (χ3n) is 5.50. The summed E-state index contributed by atoms with van der Waals surface area (Å²) in [6.45, 7) is 4.33. The van der Waals surface area contributed by atoms with Crippen molar-refractivity contribution in [1.29, 1.82) is 0 Å². The van der Waals surface area contributed by atoms with E-state index in [-0.39, 0.29) is 35.5 Å². The Morgan fingerprint density at radius 3 is 2.80 bits per heavy atom. The average molecular weight is 434 g/mol. The van der Waals surface area contributed by atoms with Crippen LogP contribution in [-0.2, 0) is 11.3 Å². The second-order valence-electron chi connectivity index (χ2n) is 7.44. The van der Waals surface area contributed by atoms with Crippen molar-refractivity contribution in [3.8, 4) is 5.75 Å². The number of aliphatic hydroxyl groups is 1. The summed E-state index contributed by atoms with van der Waals surface area (Å²) < 4.78 is 32.0. The van der Waals surface area contributed by atoms with Crippen molar-refractivity contribution < 1.29 is 28.2 Å². The molecule has 4 rings (SSSR count). The third-order valence-corrected chi connectivity index (χ3v) is 6.40. The van der Waals surface area contributed by atoms with Gasteiger partial charge in [0.1, 0.15) is 18.0 Å². The number of nitrogens with zero attached hydrogens (tertiary/aromatic N) is 1. The average Bonchev–Trinajstić information content (AvgIpc) is 3.30. The van der Waals surface area contributed by atoms with E-state index in [9.17, 15) is 9.90 Å². The van der Waals surface area contributed by atoms with Crippen LogP contribution in [0.1, 0.15) is 39.5 Å². The van der Waals surface area contributed by atoms with Gasteiger partial charge in [-0.2, -0.15) is 0 Å². The Morgan fingerprint density at radius 1 is 1.37 bits per heavy atom. The van der Waals surface area contributed by atoms with Crippen LogP contribution < -0.4 is 10.1 Å². The van der Waals surface area contributed by atoms with E-state index in [1.807, 2.05) is 6.92 Å². The first-order valence-electron chi connectivity index (χ1n) is 9.68. The Bertz CT molecular complexity index is 1070. The minimum absolute atomic E-state index is 0.0353. The Labute approximate surface area is 176 Å². The van der Waals surface area contributed by atoms with E-state index >= 15 is 4.39 Å². The van der Waals surface area contributed by atoms with Crippen LogP contribution in [0.3, 0.4) is 0 Å². The first-order valence-corrected chi connectivity index (χ1v) is 10.6. The van der Waals surface area contributed by atoms with E-state index in [4.69, 9.17) is 13.9 Å². The van der Waals surface area contributed by atoms with E-state index in [1.54, 1.807) is 18.5 Å². The third kappa shape index (κ3) is 3.80. The van der Waals surface area contributed by atoms with Crippen LogP contribution in [-0.4, -0.2) is 41.4 Å². The number of rotatable bonds is 6. The number of thiazole rings is 1. The molecule has 0 spiro atoms. The maximum Gasteiger partial charge on any atom is 0.256 e. The number of nitrogens with one attached hydrogen (secondary N) is 1. The van der Waals surface area contributed by atoms with Crippen LogP contribution in [0.4, 0.5) is 4.39 Å². The van der Waals surface area contributed by atoms with Gasteiger partial charge in [-0.25, -0.2) is 9.37 Å². The summed E-state index contributed by atoms with van der Waals surface area (Å²) in [5.74, 6) is -0.802. The Kier molecular flexibility index (Phi) is 5.77. The predicted molar refractivity (Wildman–Crippen MR) is 109 cm³/mol. The molecule has 0 unspecified atom stereocenters. The highest BCUT2D eigenvalue weighted by Gasteiger charge is 2.35. The number of hydrogen-bond donors (Lipinski definition) is 2. The molecule has 3 heterocycles. The van der Waals surface area contributed by atoms with Gasteiger partial charge in [-0.1, -0.05) is 0 Å². The highest BCUT2D eigenvalue weighted by Crippen LogP contribution is 2.34. The Hall–Kier alpha value is -2.49. The molecule has 0 bridgehead atoms. The van der Waals surface area contributed by atoms with E-state index in [1.165, 1.54) is 17.4 Å². The molecule has 0 saturated carbocycles. The van der Waals surface area contributed by atoms with Gasteiger partial charge in [0, 0.05) is 13.2 Å². The number of fused-ring (bicyclic) bond motifs is 1. The van der Waals surface area contributed by atoms with Crippen molar-refractivity contribution in [3.05, 3.63) is 45.4 Å². The number of halogens is 1. The van der Waals surface area contributed by atoms with Crippen LogP contribution in [0.2, 0.25) is 0 Å². The normalized spacial score (nSPS) is 16.0. The number of aliphatic hydroxyl groups excluding tert-OH is 1. The van der Waals surface area contributed by atoms with Crippen molar-refractivity contribution >= 4 is 28.2 Å². The van der Waals surface area contributed by atoms with Crippen LogP contribution in [0, 0.1) is 19.7 Å². The van der Waals surface area contributed by atoms with Gasteiger partial charge in [0.25, 0.3) is 5.91 Å². The van der Waals surface area contributed by atoms with E-state index < -0.39 is 17.3 Å². The summed E-state index contributed by atoms with van der Waals surface area (Å²) in [7, 11) is 0. The molecule has 2 N–H and O–H groups in total. The highest BCUT2D eigenvalue weighted by molar-refractivity contribution is 7.09. The fourth-order valence-electron chi connectivity index (χ4n) is 3.63. The summed E-state index contributed by atoms with van der Waals surface area (Å²) in [5, 5.41) is 12.8. The van der Waals surface area contributed by atoms with Crippen LogP contribution >= 0.6 is 11.3 Å². The van der Waals surface area contributed by atoms with Crippen LogP contribution in [0.25, 0.3) is 11.0 Å². The van der Waals surface area contributed by atoms with Gasteiger partial charge in [-0.05, 0) is 38.8 Å². The molecule has 1 amide bonds. The monoisotopic (exact) mass is 434 g/mol. The molecule has 160 valence electrons. The molecule has 3 aromatic rings. The SMILES string of the molecule is Cc1ncsc1COc1ccc2oc(C)c(C(=O)NC3(CO)CCOCC3)c2c1F. The maximum absolute atomic E-state index is 15.3. The molecular formula is C21H23FN2O5S. The Balaban J connectivity index is 1.65. The molecule has 9 heteroatoms. The van der Waals surface area contributed by atoms with Crippen molar-refractivity contribution in [2.75, 3.05) is 19.8 Å². The topological polar surface area (TPSA) is 93.8 Å². The van der Waals surface area contributed by atoms with E-state index in [0.29, 0.717) is 31.8 Å². The lowest BCUT2D eigenvalue weighted by Gasteiger charge is -2.36. The second kappa shape index (κ2) is 8.33. The van der Waals surface area contributed by atoms with Crippen molar-refractivity contribution in [2.24, 2.45) is 0 Å². The molecule has 1 aromatic carbocycles. The maximum atomic E-state index is 15.3. The number of aromatic nitrogens is 1. The van der Waals surface area contributed by atoms with Gasteiger partial charge in [-0.3, -0.25) is 4.79 Å². The number of aryl methyl sites for hydroxylation is 2. The zero-order valence-electron chi connectivity index (χ0n) is 16.8. The van der Waals surface area contributed by atoms with Gasteiger partial charge in [0.2, 0.25) is 0 Å². The predicted octanol–water partition coefficient (Wildman–Crippen LogP) is 3.50. The second-order valence-corrected chi connectivity index (χ2v) is 8.38. The summed E-state index contributed by atoms with van der Waals surface area (Å²) in [5.41, 5.74) is 2.14. The minimum Gasteiger partial charge on any atom is -0.485 e. The number of hydrogen-bond acceptors (Lipinski definition) is 7. The standard InChI is InChI=1S/C21H23FN2O5S/c1-12-16(30-11-23-12)9-28-15-4-3-14-18(19(15)22)17(13(2)29-14)20(26)24-21(10-25)5-7-27-8-6-21/h3-4,11,25H,5-10H2,1-2H3,(H,24,26). The summed E-state index contributed by atoms with van der Waals surface area (Å²) in [6.07, 6.45) is 0.963.